The first-order valence-corrected chi connectivity index (χ1v) is 9.50. The number of hydrogen-bond donors (Lipinski definition) is 1. The van der Waals surface area contributed by atoms with Gasteiger partial charge in [-0.2, -0.15) is 0 Å². The minimum atomic E-state index is -3.06. The summed E-state index contributed by atoms with van der Waals surface area (Å²) in [5.41, 5.74) is 0.717. The molecule has 0 aliphatic carbocycles. The van der Waals surface area contributed by atoms with Gasteiger partial charge in [-0.3, -0.25) is 0 Å². The minimum absolute atomic E-state index is 0.0365. The fraction of sp³-hybridized carbons (Fsp3) is 0.500. The summed E-state index contributed by atoms with van der Waals surface area (Å²) < 4.78 is 55.0. The molecule has 1 saturated heterocycles. The van der Waals surface area contributed by atoms with E-state index < -0.39 is 18.8 Å². The number of alkyl halides is 4. The minimum Gasteiger partial charge on any atom is -0.378 e. The van der Waals surface area contributed by atoms with E-state index in [4.69, 9.17) is 0 Å². The van der Waals surface area contributed by atoms with E-state index in [1.807, 2.05) is 34.5 Å². The number of anilines is 1. The van der Waals surface area contributed by atoms with Gasteiger partial charge in [0.15, 0.2) is 6.17 Å². The van der Waals surface area contributed by atoms with Gasteiger partial charge < -0.3 is 10.2 Å². The molecule has 2 aromatic rings. The van der Waals surface area contributed by atoms with Crippen molar-refractivity contribution in [3.63, 3.8) is 0 Å². The first-order chi connectivity index (χ1) is 11.4. The van der Waals surface area contributed by atoms with Gasteiger partial charge >= 0.3 is 0 Å². The quantitative estimate of drug-likeness (QED) is 0.484. The Balaban J connectivity index is 1.94. The van der Waals surface area contributed by atoms with E-state index in [2.05, 4.69) is 5.32 Å². The van der Waals surface area contributed by atoms with Crippen LogP contribution in [-0.2, 0) is 0 Å². The summed E-state index contributed by atoms with van der Waals surface area (Å²) in [6.45, 7) is 1.15. The summed E-state index contributed by atoms with van der Waals surface area (Å²) >= 11 is 3.15. The van der Waals surface area contributed by atoms with Crippen LogP contribution in [0.25, 0.3) is 10.1 Å². The van der Waals surface area contributed by atoms with E-state index >= 15 is 0 Å². The highest BCUT2D eigenvalue weighted by Gasteiger charge is 2.30. The summed E-state index contributed by atoms with van der Waals surface area (Å²) in [7, 11) is 1.88. The monoisotopic (exact) mass is 472 g/mol. The van der Waals surface area contributed by atoms with Gasteiger partial charge in [-0.1, -0.05) is 12.1 Å². The van der Waals surface area contributed by atoms with E-state index in [1.54, 1.807) is 18.2 Å². The fourth-order valence-corrected chi connectivity index (χ4v) is 5.31. The van der Waals surface area contributed by atoms with Crippen LogP contribution in [0.3, 0.4) is 0 Å². The lowest BCUT2D eigenvalue weighted by Crippen LogP contribution is -2.46. The molecule has 1 fully saturated rings. The van der Waals surface area contributed by atoms with E-state index in [9.17, 15) is 17.6 Å². The Bertz CT molecular complexity index is 723. The van der Waals surface area contributed by atoms with Crippen molar-refractivity contribution in [1.82, 2.24) is 4.90 Å². The first kappa shape index (κ1) is 18.2. The zero-order chi connectivity index (χ0) is 17.4. The number of fused-ring (bicyclic) bond motifs is 1. The van der Waals surface area contributed by atoms with Crippen LogP contribution < -0.4 is 5.32 Å². The molecule has 132 valence electrons. The molecule has 1 aromatic carbocycles. The highest BCUT2D eigenvalue weighted by molar-refractivity contribution is 14.1. The molecule has 0 bridgehead atoms. The van der Waals surface area contributed by atoms with Crippen molar-refractivity contribution in [2.24, 2.45) is 0 Å². The maximum Gasteiger partial charge on any atom is 0.273 e. The van der Waals surface area contributed by atoms with Crippen molar-refractivity contribution >= 4 is 49.7 Å². The number of benzene rings is 1. The maximum absolute atomic E-state index is 14.2. The van der Waals surface area contributed by atoms with Crippen LogP contribution in [0, 0.1) is 2.88 Å². The molecule has 1 aliphatic heterocycles. The number of likely N-dealkylation sites (tertiary alicyclic amines) is 1. The number of rotatable bonds is 4. The van der Waals surface area contributed by atoms with E-state index in [0.29, 0.717) is 31.6 Å². The fourth-order valence-electron chi connectivity index (χ4n) is 3.03. The van der Waals surface area contributed by atoms with Crippen LogP contribution in [-0.4, -0.2) is 43.7 Å². The van der Waals surface area contributed by atoms with Crippen molar-refractivity contribution in [3.8, 4) is 0 Å². The van der Waals surface area contributed by atoms with Crippen LogP contribution in [0.2, 0.25) is 0 Å². The molecule has 3 unspecified atom stereocenters. The van der Waals surface area contributed by atoms with Gasteiger partial charge in [0.2, 0.25) is 0 Å². The van der Waals surface area contributed by atoms with E-state index in [1.165, 1.54) is 11.3 Å². The third-order valence-electron chi connectivity index (χ3n) is 4.29. The third kappa shape index (κ3) is 3.50. The van der Waals surface area contributed by atoms with Crippen LogP contribution in [0.5, 0.6) is 0 Å². The van der Waals surface area contributed by atoms with E-state index in [0.717, 1.165) is 6.54 Å². The summed E-state index contributed by atoms with van der Waals surface area (Å²) in [5.74, 6) is 0. The molecule has 2 nitrogen and oxygen atoms in total. The number of nitrogens with zero attached hydrogens (tertiary/aromatic N) is 1. The number of hydrogen-bond acceptors (Lipinski definition) is 3. The molecule has 0 saturated carbocycles. The number of piperidine rings is 1. The molecule has 3 atom stereocenters. The van der Waals surface area contributed by atoms with Crippen molar-refractivity contribution in [1.29, 1.82) is 0 Å². The highest BCUT2D eigenvalue weighted by atomic mass is 127. The van der Waals surface area contributed by atoms with Gasteiger partial charge in [0, 0.05) is 24.0 Å². The third-order valence-corrected chi connectivity index (χ3v) is 6.58. The second kappa shape index (κ2) is 7.33. The zero-order valence-corrected chi connectivity index (χ0v) is 15.9. The normalized spacial score (nSPS) is 23.8. The summed E-state index contributed by atoms with van der Waals surface area (Å²) in [4.78, 5) is 1.94. The molecular formula is C16H17F4IN2S. The van der Waals surface area contributed by atoms with Crippen molar-refractivity contribution < 1.29 is 17.6 Å². The van der Waals surface area contributed by atoms with Crippen LogP contribution in [0.15, 0.2) is 18.2 Å². The van der Waals surface area contributed by atoms with Crippen molar-refractivity contribution in [2.45, 2.75) is 31.2 Å². The average molecular weight is 472 g/mol. The van der Waals surface area contributed by atoms with Crippen LogP contribution >= 0.6 is 33.9 Å². The summed E-state index contributed by atoms with van der Waals surface area (Å²) in [6.07, 6.45) is -5.71. The Hall–Kier alpha value is -0.610. The summed E-state index contributed by atoms with van der Waals surface area (Å²) in [6, 6.07) is 4.80. The Labute approximate surface area is 155 Å². The standard InChI is InChI=1S/C16H17F4IN2S/c1-23-6-5-10(9(17)7-23)22-11-4-2-3-8-12(13(18)15(19)20)16(21)24-14(8)11/h2-4,9-10,13,15,22H,5-7H2,1H3. The first-order valence-electron chi connectivity index (χ1n) is 7.60. The SMILES string of the molecule is CN1CCC(Nc2cccc3c(C(F)C(F)F)c(I)sc23)C(F)C1. The maximum atomic E-state index is 14.2. The molecule has 24 heavy (non-hydrogen) atoms. The molecule has 1 aromatic heterocycles. The number of thiophene rings is 1. The largest absolute Gasteiger partial charge is 0.378 e. The number of halogens is 5. The molecule has 2 heterocycles. The predicted molar refractivity (Wildman–Crippen MR) is 98.8 cm³/mol. The molecule has 0 amide bonds. The van der Waals surface area contributed by atoms with Crippen LogP contribution in [0.4, 0.5) is 23.2 Å². The van der Waals surface area contributed by atoms with Gasteiger partial charge in [-0.05, 0) is 42.1 Å². The average Bonchev–Trinajstić information content (AvgIpc) is 2.86. The molecule has 0 spiro atoms. The van der Waals surface area contributed by atoms with Crippen LogP contribution in [0.1, 0.15) is 18.2 Å². The lowest BCUT2D eigenvalue weighted by Gasteiger charge is -2.33. The smallest absolute Gasteiger partial charge is 0.273 e. The molecule has 1 aliphatic rings. The molecule has 8 heteroatoms. The van der Waals surface area contributed by atoms with E-state index in [-0.39, 0.29) is 11.6 Å². The lowest BCUT2D eigenvalue weighted by molar-refractivity contribution is 0.0501. The summed E-state index contributed by atoms with van der Waals surface area (Å²) in [5, 5.41) is 3.68. The Kier molecular flexibility index (Phi) is 5.55. The van der Waals surface area contributed by atoms with Gasteiger partial charge in [0.05, 0.1) is 19.3 Å². The zero-order valence-electron chi connectivity index (χ0n) is 12.9. The van der Waals surface area contributed by atoms with Gasteiger partial charge in [-0.25, -0.2) is 17.6 Å². The Morgan fingerprint density at radius 2 is 2.08 bits per heavy atom. The highest BCUT2D eigenvalue weighted by Crippen LogP contribution is 2.43. The van der Waals surface area contributed by atoms with Crippen molar-refractivity contribution in [3.05, 3.63) is 26.6 Å². The van der Waals surface area contributed by atoms with Gasteiger partial charge in [-0.15, -0.1) is 11.3 Å². The lowest BCUT2D eigenvalue weighted by atomic mass is 10.0. The Morgan fingerprint density at radius 3 is 2.75 bits per heavy atom. The topological polar surface area (TPSA) is 15.3 Å². The molecule has 0 radical (unpaired) electrons. The number of nitrogens with one attached hydrogen (secondary N) is 1. The Morgan fingerprint density at radius 1 is 1.33 bits per heavy atom. The second-order valence-electron chi connectivity index (χ2n) is 6.03. The molecule has 1 N–H and O–H groups in total. The van der Waals surface area contributed by atoms with Gasteiger partial charge in [0.25, 0.3) is 6.43 Å². The predicted octanol–water partition coefficient (Wildman–Crippen LogP) is 5.24. The van der Waals surface area contributed by atoms with Crippen molar-refractivity contribution in [2.75, 3.05) is 25.5 Å². The second-order valence-corrected chi connectivity index (χ2v) is 8.86. The molecular weight excluding hydrogens is 455 g/mol. The molecule has 3 rings (SSSR count). The van der Waals surface area contributed by atoms with Gasteiger partial charge in [0.1, 0.15) is 6.17 Å².